The van der Waals surface area contributed by atoms with E-state index in [0.717, 1.165) is 25.8 Å². The molecule has 2 heterocycles. The first-order valence-electron chi connectivity index (χ1n) is 10.6. The van der Waals surface area contributed by atoms with Crippen LogP contribution in [0, 0.1) is 0 Å². The van der Waals surface area contributed by atoms with E-state index in [-0.39, 0.29) is 10.8 Å². The highest BCUT2D eigenvalue weighted by Gasteiger charge is 2.39. The number of likely N-dealkylation sites (tertiary alicyclic amines) is 1. The van der Waals surface area contributed by atoms with E-state index >= 15 is 0 Å². The molecule has 0 radical (unpaired) electrons. The number of hydrogen-bond acceptors (Lipinski definition) is 4. The summed E-state index contributed by atoms with van der Waals surface area (Å²) in [5.41, 5.74) is 0. The second-order valence-corrected chi connectivity index (χ2v) is 9.86. The smallest absolute Gasteiger partial charge is 0.243 e. The van der Waals surface area contributed by atoms with Crippen molar-refractivity contribution in [2.45, 2.75) is 68.8 Å². The van der Waals surface area contributed by atoms with Crippen LogP contribution in [-0.4, -0.2) is 61.8 Å². The van der Waals surface area contributed by atoms with E-state index in [1.807, 2.05) is 0 Å². The molecule has 0 bridgehead atoms. The Morgan fingerprint density at radius 2 is 1.86 bits per heavy atom. The van der Waals surface area contributed by atoms with Crippen LogP contribution in [0.15, 0.2) is 35.2 Å². The summed E-state index contributed by atoms with van der Waals surface area (Å²) in [6.45, 7) is 5.57. The van der Waals surface area contributed by atoms with Crippen LogP contribution in [0.3, 0.4) is 0 Å². The normalized spacial score (nSPS) is 24.3. The molecule has 28 heavy (non-hydrogen) atoms. The molecule has 0 spiro atoms. The van der Waals surface area contributed by atoms with E-state index in [0.29, 0.717) is 25.6 Å². The van der Waals surface area contributed by atoms with Gasteiger partial charge in [0.25, 0.3) is 0 Å². The van der Waals surface area contributed by atoms with Gasteiger partial charge in [-0.25, -0.2) is 8.42 Å². The van der Waals surface area contributed by atoms with Crippen molar-refractivity contribution in [1.29, 1.82) is 0 Å². The van der Waals surface area contributed by atoms with E-state index in [4.69, 9.17) is 0 Å². The maximum atomic E-state index is 12.9. The lowest BCUT2D eigenvalue weighted by atomic mass is 10.0. The first kappa shape index (κ1) is 21.3. The fraction of sp³-hybridized carbons (Fsp3) is 0.667. The quantitative estimate of drug-likeness (QED) is 0.673. The van der Waals surface area contributed by atoms with Crippen LogP contribution in [0.4, 0.5) is 0 Å². The largest absolute Gasteiger partial charge is 0.355 e. The van der Waals surface area contributed by atoms with Gasteiger partial charge < -0.3 is 10.2 Å². The minimum absolute atomic E-state index is 0.164. The van der Waals surface area contributed by atoms with Crippen LogP contribution < -0.4 is 5.32 Å². The summed E-state index contributed by atoms with van der Waals surface area (Å²) < 4.78 is 27.1. The maximum Gasteiger partial charge on any atom is 0.243 e. The minimum atomic E-state index is -3.62. The van der Waals surface area contributed by atoms with E-state index < -0.39 is 16.1 Å². The highest BCUT2D eigenvalue weighted by atomic mass is 32.2. The van der Waals surface area contributed by atoms with Crippen LogP contribution >= 0.6 is 0 Å². The Morgan fingerprint density at radius 3 is 2.61 bits per heavy atom. The van der Waals surface area contributed by atoms with Gasteiger partial charge in [0.15, 0.2) is 0 Å². The Kier molecular flexibility index (Phi) is 7.48. The minimum Gasteiger partial charge on any atom is -0.355 e. The predicted molar refractivity (Wildman–Crippen MR) is 110 cm³/mol. The fourth-order valence-electron chi connectivity index (χ4n) is 4.28. The number of nitrogens with zero attached hydrogens (tertiary/aromatic N) is 2. The first-order chi connectivity index (χ1) is 13.5. The zero-order valence-electron chi connectivity index (χ0n) is 16.8. The van der Waals surface area contributed by atoms with Crippen molar-refractivity contribution in [2.75, 3.05) is 26.2 Å². The third-order valence-corrected chi connectivity index (χ3v) is 7.89. The fourth-order valence-corrected chi connectivity index (χ4v) is 5.95. The second kappa shape index (κ2) is 9.85. The average Bonchev–Trinajstić information content (AvgIpc) is 3.20. The monoisotopic (exact) mass is 407 g/mol. The number of nitrogens with one attached hydrogen (secondary N) is 1. The third-order valence-electron chi connectivity index (χ3n) is 5.97. The van der Waals surface area contributed by atoms with Crippen LogP contribution in [0.5, 0.6) is 0 Å². The Bertz CT molecular complexity index is 739. The molecule has 1 aromatic carbocycles. The number of amides is 1. The summed E-state index contributed by atoms with van der Waals surface area (Å²) >= 11 is 0. The molecule has 0 saturated carbocycles. The molecule has 3 rings (SSSR count). The van der Waals surface area contributed by atoms with Crippen molar-refractivity contribution in [3.63, 3.8) is 0 Å². The van der Waals surface area contributed by atoms with Crippen molar-refractivity contribution in [3.05, 3.63) is 30.3 Å². The molecule has 0 aliphatic carbocycles. The van der Waals surface area contributed by atoms with Gasteiger partial charge in [-0.05, 0) is 70.7 Å². The predicted octanol–water partition coefficient (Wildman–Crippen LogP) is 2.61. The lowest BCUT2D eigenvalue weighted by molar-refractivity contribution is -0.124. The van der Waals surface area contributed by atoms with Crippen molar-refractivity contribution in [3.8, 4) is 0 Å². The van der Waals surface area contributed by atoms with Gasteiger partial charge in [0.1, 0.15) is 6.04 Å². The van der Waals surface area contributed by atoms with Crippen LogP contribution in [0.1, 0.15) is 51.9 Å². The highest BCUT2D eigenvalue weighted by Crippen LogP contribution is 2.26. The molecule has 7 heteroatoms. The number of carbonyl (C=O) groups is 1. The summed E-state index contributed by atoms with van der Waals surface area (Å²) in [5.74, 6) is -0.164. The molecule has 1 amide bonds. The van der Waals surface area contributed by atoms with Gasteiger partial charge in [0, 0.05) is 19.1 Å². The number of benzene rings is 1. The van der Waals surface area contributed by atoms with Gasteiger partial charge in [0.2, 0.25) is 15.9 Å². The Labute approximate surface area is 169 Å². The Balaban J connectivity index is 1.46. The molecular weight excluding hydrogens is 374 g/mol. The van der Waals surface area contributed by atoms with Gasteiger partial charge in [0.05, 0.1) is 4.90 Å². The number of piperidine rings is 1. The number of unbranched alkanes of at least 4 members (excludes halogenated alkanes) is 1. The van der Waals surface area contributed by atoms with Crippen molar-refractivity contribution < 1.29 is 13.2 Å². The van der Waals surface area contributed by atoms with E-state index in [9.17, 15) is 13.2 Å². The van der Waals surface area contributed by atoms with Gasteiger partial charge >= 0.3 is 0 Å². The molecular formula is C21H33N3O3S. The molecule has 1 aromatic rings. The summed E-state index contributed by atoms with van der Waals surface area (Å²) in [5, 5.41) is 2.96. The van der Waals surface area contributed by atoms with Crippen molar-refractivity contribution >= 4 is 15.9 Å². The van der Waals surface area contributed by atoms with Gasteiger partial charge in [-0.1, -0.05) is 24.6 Å². The molecule has 156 valence electrons. The first-order valence-corrected chi connectivity index (χ1v) is 12.0. The van der Waals surface area contributed by atoms with Gasteiger partial charge in [-0.15, -0.1) is 0 Å². The maximum absolute atomic E-state index is 12.9. The summed E-state index contributed by atoms with van der Waals surface area (Å²) in [6, 6.07) is 8.46. The lowest BCUT2D eigenvalue weighted by Gasteiger charge is -2.33. The van der Waals surface area contributed by atoms with Gasteiger partial charge in [-0.2, -0.15) is 4.31 Å². The summed E-state index contributed by atoms with van der Waals surface area (Å²) in [6.07, 6.45) is 7.19. The SMILES string of the molecule is C[C@H]1CCCCN1CCCCNC(=O)[C@@H]1CCCN1S(=O)(=O)c1ccccc1. The number of rotatable bonds is 8. The second-order valence-electron chi connectivity index (χ2n) is 7.97. The molecule has 2 aliphatic rings. The Morgan fingerprint density at radius 1 is 1.07 bits per heavy atom. The number of sulfonamides is 1. The molecule has 2 saturated heterocycles. The molecule has 2 aliphatic heterocycles. The average molecular weight is 408 g/mol. The molecule has 2 atom stereocenters. The van der Waals surface area contributed by atoms with E-state index in [2.05, 4.69) is 17.1 Å². The summed E-state index contributed by atoms with van der Waals surface area (Å²) in [7, 11) is -3.62. The standard InChI is InChI=1S/C21H33N3O3S/c1-18-10-5-7-15-23(18)16-8-6-14-22-21(25)20-13-9-17-24(20)28(26,27)19-11-3-2-4-12-19/h2-4,11-12,18,20H,5-10,13-17H2,1H3,(H,22,25)/t18-,20-/m0/s1. The number of carbonyl (C=O) groups excluding carboxylic acids is 1. The molecule has 0 aromatic heterocycles. The molecule has 2 fully saturated rings. The topological polar surface area (TPSA) is 69.7 Å². The lowest BCUT2D eigenvalue weighted by Crippen LogP contribution is -2.46. The molecule has 1 N–H and O–H groups in total. The molecule has 6 nitrogen and oxygen atoms in total. The Hall–Kier alpha value is -1.44. The van der Waals surface area contributed by atoms with Gasteiger partial charge in [-0.3, -0.25) is 4.79 Å². The highest BCUT2D eigenvalue weighted by molar-refractivity contribution is 7.89. The van der Waals surface area contributed by atoms with Crippen LogP contribution in [0.25, 0.3) is 0 Å². The zero-order valence-corrected chi connectivity index (χ0v) is 17.7. The zero-order chi connectivity index (χ0) is 20.0. The van der Waals surface area contributed by atoms with Crippen LogP contribution in [0.2, 0.25) is 0 Å². The van der Waals surface area contributed by atoms with Crippen molar-refractivity contribution in [2.24, 2.45) is 0 Å². The van der Waals surface area contributed by atoms with E-state index in [1.165, 1.54) is 30.1 Å². The summed E-state index contributed by atoms with van der Waals surface area (Å²) in [4.78, 5) is 15.4. The molecule has 0 unspecified atom stereocenters. The third kappa shape index (κ3) is 5.13. The van der Waals surface area contributed by atoms with E-state index in [1.54, 1.807) is 30.3 Å². The van der Waals surface area contributed by atoms with Crippen molar-refractivity contribution in [1.82, 2.24) is 14.5 Å². The number of hydrogen-bond donors (Lipinski definition) is 1. The van der Waals surface area contributed by atoms with Crippen LogP contribution in [-0.2, 0) is 14.8 Å².